The maximum absolute atomic E-state index is 15.1. The van der Waals surface area contributed by atoms with E-state index < -0.39 is 5.97 Å². The first-order valence-corrected chi connectivity index (χ1v) is 13.6. The van der Waals surface area contributed by atoms with Gasteiger partial charge in [0.15, 0.2) is 0 Å². The standard InChI is InChI=1S/C33H41FO5/c1-7-10-23(19-31(35)36)24-11-9-12-26(18-24)39-21-22-13-15-27(28-20-25(37-5)14-16-30(28)34)29(17-22)32(38-6)33(3,4)8-2/h9,11-18,20,23,32H,7-8,10,19,21H2,1-6H3,(H,35,36)/t23-,32-/m1/s1. The molecule has 3 rings (SSSR count). The smallest absolute Gasteiger partial charge is 0.303 e. The van der Waals surface area contributed by atoms with Crippen molar-refractivity contribution in [3.63, 3.8) is 0 Å². The highest BCUT2D eigenvalue weighted by atomic mass is 19.1. The molecular weight excluding hydrogens is 495 g/mol. The zero-order chi connectivity index (χ0) is 28.6. The van der Waals surface area contributed by atoms with Crippen LogP contribution in [0.25, 0.3) is 11.1 Å². The molecule has 0 saturated heterocycles. The predicted octanol–water partition coefficient (Wildman–Crippen LogP) is 8.56. The van der Waals surface area contributed by atoms with Gasteiger partial charge in [0.25, 0.3) is 0 Å². The monoisotopic (exact) mass is 536 g/mol. The summed E-state index contributed by atoms with van der Waals surface area (Å²) in [5.74, 6) is 0.0734. The minimum Gasteiger partial charge on any atom is -0.497 e. The molecule has 3 aromatic carbocycles. The fourth-order valence-corrected chi connectivity index (χ4v) is 5.03. The number of halogens is 1. The Labute approximate surface area is 231 Å². The summed E-state index contributed by atoms with van der Waals surface area (Å²) in [6.45, 7) is 8.77. The molecule has 39 heavy (non-hydrogen) atoms. The number of carbonyl (C=O) groups is 1. The van der Waals surface area contributed by atoms with Gasteiger partial charge in [-0.15, -0.1) is 0 Å². The quantitative estimate of drug-likeness (QED) is 0.224. The summed E-state index contributed by atoms with van der Waals surface area (Å²) in [6, 6.07) is 18.3. The van der Waals surface area contributed by atoms with E-state index in [1.165, 1.54) is 6.07 Å². The minimum absolute atomic E-state index is 0.0570. The Kier molecular flexibility index (Phi) is 10.5. The van der Waals surface area contributed by atoms with Crippen molar-refractivity contribution < 1.29 is 28.5 Å². The van der Waals surface area contributed by atoms with Crippen molar-refractivity contribution in [2.75, 3.05) is 14.2 Å². The van der Waals surface area contributed by atoms with Crippen molar-refractivity contribution in [3.8, 4) is 22.6 Å². The molecule has 0 aliphatic rings. The van der Waals surface area contributed by atoms with Crippen LogP contribution < -0.4 is 9.47 Å². The Hall–Kier alpha value is -3.38. The van der Waals surface area contributed by atoms with Crippen molar-refractivity contribution in [2.24, 2.45) is 5.41 Å². The third-order valence-electron chi connectivity index (χ3n) is 7.51. The third-order valence-corrected chi connectivity index (χ3v) is 7.51. The Morgan fingerprint density at radius 2 is 1.74 bits per heavy atom. The van der Waals surface area contributed by atoms with Crippen molar-refractivity contribution in [1.82, 2.24) is 0 Å². The average Bonchev–Trinajstić information content (AvgIpc) is 2.92. The summed E-state index contributed by atoms with van der Waals surface area (Å²) in [5.41, 5.74) is 3.78. The van der Waals surface area contributed by atoms with Crippen LogP contribution in [0.3, 0.4) is 0 Å². The Balaban J connectivity index is 1.97. The van der Waals surface area contributed by atoms with Crippen molar-refractivity contribution in [3.05, 3.63) is 83.2 Å². The largest absolute Gasteiger partial charge is 0.497 e. The van der Waals surface area contributed by atoms with Gasteiger partial charge in [-0.1, -0.05) is 58.4 Å². The Bertz CT molecular complexity index is 1250. The number of carboxylic acids is 1. The molecule has 0 bridgehead atoms. The van der Waals surface area contributed by atoms with E-state index in [0.29, 0.717) is 23.7 Å². The van der Waals surface area contributed by atoms with Crippen LogP contribution >= 0.6 is 0 Å². The van der Waals surface area contributed by atoms with Crippen LogP contribution in [0, 0.1) is 11.2 Å². The maximum Gasteiger partial charge on any atom is 0.303 e. The Morgan fingerprint density at radius 1 is 0.974 bits per heavy atom. The van der Waals surface area contributed by atoms with Crippen molar-refractivity contribution >= 4 is 5.97 Å². The van der Waals surface area contributed by atoms with E-state index in [1.54, 1.807) is 26.4 Å². The van der Waals surface area contributed by atoms with Gasteiger partial charge < -0.3 is 19.3 Å². The molecule has 1 N–H and O–H groups in total. The van der Waals surface area contributed by atoms with Crippen LogP contribution in [0.4, 0.5) is 4.39 Å². The van der Waals surface area contributed by atoms with E-state index >= 15 is 4.39 Å². The fraction of sp³-hybridized carbons (Fsp3) is 0.424. The van der Waals surface area contributed by atoms with E-state index in [4.69, 9.17) is 14.2 Å². The number of ether oxygens (including phenoxy) is 3. The average molecular weight is 537 g/mol. The second-order valence-corrected chi connectivity index (χ2v) is 10.7. The zero-order valence-electron chi connectivity index (χ0n) is 23.9. The summed E-state index contributed by atoms with van der Waals surface area (Å²) < 4.78 is 32.6. The van der Waals surface area contributed by atoms with Crippen LogP contribution in [-0.4, -0.2) is 25.3 Å². The molecule has 0 unspecified atom stereocenters. The number of rotatable bonds is 14. The molecule has 0 aliphatic heterocycles. The molecule has 0 radical (unpaired) electrons. The molecule has 0 fully saturated rings. The predicted molar refractivity (Wildman–Crippen MR) is 153 cm³/mol. The number of carboxylic acid groups (broad SMARTS) is 1. The van der Waals surface area contributed by atoms with Gasteiger partial charge in [-0.2, -0.15) is 0 Å². The minimum atomic E-state index is -0.803. The lowest BCUT2D eigenvalue weighted by Gasteiger charge is -2.34. The van der Waals surface area contributed by atoms with Crippen LogP contribution in [0.5, 0.6) is 11.5 Å². The first-order valence-electron chi connectivity index (χ1n) is 13.6. The van der Waals surface area contributed by atoms with E-state index in [1.807, 2.05) is 42.5 Å². The summed E-state index contributed by atoms with van der Waals surface area (Å²) in [6.07, 6.45) is 2.38. The SMILES string of the molecule is CCC[C@H](CC(=O)O)c1cccc(OCc2ccc(-c3cc(OC)ccc3F)c([C@@H](OC)C(C)(C)CC)c2)c1. The number of aliphatic carboxylic acids is 1. The molecular formula is C33H41FO5. The molecule has 0 spiro atoms. The van der Waals surface area contributed by atoms with Crippen molar-refractivity contribution in [2.45, 2.75) is 72.0 Å². The van der Waals surface area contributed by atoms with E-state index in [-0.39, 0.29) is 29.7 Å². The van der Waals surface area contributed by atoms with Gasteiger partial charge in [0.1, 0.15) is 23.9 Å². The third kappa shape index (κ3) is 7.60. The lowest BCUT2D eigenvalue weighted by atomic mass is 9.77. The molecule has 0 heterocycles. The molecule has 5 nitrogen and oxygen atoms in total. The highest BCUT2D eigenvalue weighted by molar-refractivity contribution is 5.71. The Morgan fingerprint density at radius 3 is 2.38 bits per heavy atom. The molecule has 0 aliphatic carbocycles. The molecule has 6 heteroatoms. The van der Waals surface area contributed by atoms with Crippen molar-refractivity contribution in [1.29, 1.82) is 0 Å². The summed E-state index contributed by atoms with van der Waals surface area (Å²) in [5, 5.41) is 9.34. The van der Waals surface area contributed by atoms with Gasteiger partial charge in [-0.25, -0.2) is 4.39 Å². The second-order valence-electron chi connectivity index (χ2n) is 10.7. The normalized spacial score (nSPS) is 13.1. The van der Waals surface area contributed by atoms with Gasteiger partial charge in [0.05, 0.1) is 19.6 Å². The van der Waals surface area contributed by atoms with Crippen LogP contribution in [0.15, 0.2) is 60.7 Å². The second kappa shape index (κ2) is 13.6. The molecule has 0 amide bonds. The fourth-order valence-electron chi connectivity index (χ4n) is 5.03. The topological polar surface area (TPSA) is 65.0 Å². The number of methoxy groups -OCH3 is 2. The lowest BCUT2D eigenvalue weighted by Crippen LogP contribution is -2.24. The summed E-state index contributed by atoms with van der Waals surface area (Å²) in [4.78, 5) is 11.4. The maximum atomic E-state index is 15.1. The molecule has 0 saturated carbocycles. The first kappa shape index (κ1) is 30.2. The lowest BCUT2D eigenvalue weighted by molar-refractivity contribution is -0.137. The molecule has 210 valence electrons. The van der Waals surface area contributed by atoms with E-state index in [9.17, 15) is 9.90 Å². The van der Waals surface area contributed by atoms with Gasteiger partial charge in [-0.05, 0) is 82.8 Å². The molecule has 2 atom stereocenters. The zero-order valence-corrected chi connectivity index (χ0v) is 23.9. The summed E-state index contributed by atoms with van der Waals surface area (Å²) >= 11 is 0. The van der Waals surface area contributed by atoms with Gasteiger partial charge in [-0.3, -0.25) is 4.79 Å². The summed E-state index contributed by atoms with van der Waals surface area (Å²) in [7, 11) is 3.25. The molecule has 3 aromatic rings. The van der Waals surface area contributed by atoms with Gasteiger partial charge >= 0.3 is 5.97 Å². The number of benzene rings is 3. The highest BCUT2D eigenvalue weighted by Crippen LogP contribution is 2.44. The van der Waals surface area contributed by atoms with Crippen LogP contribution in [0.1, 0.15) is 82.1 Å². The number of hydrogen-bond donors (Lipinski definition) is 1. The van der Waals surface area contributed by atoms with Gasteiger partial charge in [0.2, 0.25) is 0 Å². The van der Waals surface area contributed by atoms with Crippen LogP contribution in [-0.2, 0) is 16.1 Å². The highest BCUT2D eigenvalue weighted by Gasteiger charge is 2.32. The van der Waals surface area contributed by atoms with E-state index in [2.05, 4.69) is 27.7 Å². The van der Waals surface area contributed by atoms with Gasteiger partial charge in [0, 0.05) is 12.7 Å². The van der Waals surface area contributed by atoms with E-state index in [0.717, 1.165) is 41.5 Å². The molecule has 0 aromatic heterocycles. The first-order chi connectivity index (χ1) is 18.6. The number of hydrogen-bond acceptors (Lipinski definition) is 4. The van der Waals surface area contributed by atoms with Crippen LogP contribution in [0.2, 0.25) is 0 Å².